The summed E-state index contributed by atoms with van der Waals surface area (Å²) in [6.45, 7) is 0.337. The summed E-state index contributed by atoms with van der Waals surface area (Å²) in [6, 6.07) is 13.3. The van der Waals surface area contributed by atoms with E-state index in [0.717, 1.165) is 5.56 Å². The molecule has 0 radical (unpaired) electrons. The van der Waals surface area contributed by atoms with Crippen LogP contribution in [0.15, 0.2) is 59.4 Å². The third-order valence-electron chi connectivity index (χ3n) is 3.14. The summed E-state index contributed by atoms with van der Waals surface area (Å²) >= 11 is 0. The number of carbonyl (C=O) groups excluding carboxylic acids is 1. The average Bonchev–Trinajstić information content (AvgIpc) is 3.15. The third-order valence-corrected chi connectivity index (χ3v) is 3.14. The van der Waals surface area contributed by atoms with E-state index >= 15 is 0 Å². The van der Waals surface area contributed by atoms with Gasteiger partial charge in [0.25, 0.3) is 5.91 Å². The topological polar surface area (TPSA) is 60.1 Å². The van der Waals surface area contributed by atoms with Gasteiger partial charge in [-0.05, 0) is 6.07 Å². The Bertz CT molecular complexity index is 744. The average molecular weight is 281 g/mol. The molecule has 0 aliphatic carbocycles. The Kier molecular flexibility index (Phi) is 3.55. The number of nitrogens with zero attached hydrogens (tertiary/aromatic N) is 2. The molecule has 0 atom stereocenters. The highest BCUT2D eigenvalue weighted by molar-refractivity contribution is 5.93. The molecule has 0 saturated heterocycles. The molecule has 5 heteroatoms. The zero-order valence-corrected chi connectivity index (χ0v) is 11.6. The van der Waals surface area contributed by atoms with Crippen molar-refractivity contribution in [3.63, 3.8) is 0 Å². The van der Waals surface area contributed by atoms with Gasteiger partial charge < -0.3 is 14.4 Å². The van der Waals surface area contributed by atoms with Crippen LogP contribution in [0.2, 0.25) is 0 Å². The fraction of sp³-hybridized carbons (Fsp3) is 0.125. The first-order chi connectivity index (χ1) is 10.2. The van der Waals surface area contributed by atoms with E-state index in [4.69, 9.17) is 4.52 Å². The predicted molar refractivity (Wildman–Crippen MR) is 78.5 cm³/mol. The van der Waals surface area contributed by atoms with E-state index < -0.39 is 0 Å². The van der Waals surface area contributed by atoms with E-state index in [2.05, 4.69) is 10.5 Å². The zero-order chi connectivity index (χ0) is 14.7. The molecule has 2 heterocycles. The molecule has 0 aliphatic heterocycles. The number of hydrogen-bond donors (Lipinski definition) is 1. The lowest BCUT2D eigenvalue weighted by atomic mass is 10.1. The van der Waals surface area contributed by atoms with E-state index in [9.17, 15) is 4.79 Å². The van der Waals surface area contributed by atoms with Crippen molar-refractivity contribution in [2.45, 2.75) is 6.54 Å². The molecule has 3 aromatic rings. The first-order valence-corrected chi connectivity index (χ1v) is 6.63. The lowest BCUT2D eigenvalue weighted by Gasteiger charge is -1.99. The predicted octanol–water partition coefficient (Wildman–Crippen LogP) is 2.61. The van der Waals surface area contributed by atoms with Crippen molar-refractivity contribution in [1.29, 1.82) is 0 Å². The van der Waals surface area contributed by atoms with Crippen LogP contribution in [0, 0.1) is 0 Å². The minimum atomic E-state index is -0.125. The first kappa shape index (κ1) is 13.2. The summed E-state index contributed by atoms with van der Waals surface area (Å²) in [5.41, 5.74) is 2.29. The fourth-order valence-corrected chi connectivity index (χ4v) is 2.04. The number of rotatable bonds is 4. The monoisotopic (exact) mass is 281 g/mol. The second kappa shape index (κ2) is 5.66. The van der Waals surface area contributed by atoms with Crippen molar-refractivity contribution in [3.05, 3.63) is 66.1 Å². The highest BCUT2D eigenvalue weighted by Crippen LogP contribution is 2.19. The van der Waals surface area contributed by atoms with Gasteiger partial charge in [0.05, 0.1) is 12.1 Å². The molecular formula is C16H15N3O2. The summed E-state index contributed by atoms with van der Waals surface area (Å²) in [4.78, 5) is 11.9. The molecule has 1 N–H and O–H groups in total. The van der Waals surface area contributed by atoms with Gasteiger partial charge in [0.2, 0.25) is 0 Å². The van der Waals surface area contributed by atoms with E-state index in [-0.39, 0.29) is 5.91 Å². The molecule has 0 fully saturated rings. The van der Waals surface area contributed by atoms with Gasteiger partial charge in [0.1, 0.15) is 5.69 Å². The van der Waals surface area contributed by atoms with Crippen LogP contribution in [-0.2, 0) is 13.6 Å². The van der Waals surface area contributed by atoms with Gasteiger partial charge in [-0.25, -0.2) is 0 Å². The zero-order valence-electron chi connectivity index (χ0n) is 11.6. The molecule has 0 aliphatic rings. The van der Waals surface area contributed by atoms with Crippen molar-refractivity contribution in [3.8, 4) is 11.3 Å². The van der Waals surface area contributed by atoms with E-state index in [1.807, 2.05) is 54.2 Å². The molecule has 0 bridgehead atoms. The van der Waals surface area contributed by atoms with Gasteiger partial charge in [0.15, 0.2) is 5.76 Å². The second-order valence-corrected chi connectivity index (χ2v) is 4.80. The van der Waals surface area contributed by atoms with Crippen LogP contribution >= 0.6 is 0 Å². The Hall–Kier alpha value is -2.82. The van der Waals surface area contributed by atoms with E-state index in [1.54, 1.807) is 12.3 Å². The number of carbonyl (C=O) groups is 1. The van der Waals surface area contributed by atoms with Crippen molar-refractivity contribution >= 4 is 5.91 Å². The lowest BCUT2D eigenvalue weighted by Crippen LogP contribution is -2.22. The van der Waals surface area contributed by atoms with E-state index in [1.165, 1.54) is 0 Å². The Morgan fingerprint density at radius 3 is 2.81 bits per heavy atom. The van der Waals surface area contributed by atoms with Crippen molar-refractivity contribution in [2.75, 3.05) is 0 Å². The van der Waals surface area contributed by atoms with Crippen LogP contribution in [0.3, 0.4) is 0 Å². The second-order valence-electron chi connectivity index (χ2n) is 4.80. The fourth-order valence-electron chi connectivity index (χ4n) is 2.04. The molecule has 3 rings (SSSR count). The van der Waals surface area contributed by atoms with Gasteiger partial charge >= 0.3 is 0 Å². The number of amides is 1. The molecule has 2 aromatic heterocycles. The molecule has 0 spiro atoms. The largest absolute Gasteiger partial charge is 0.356 e. The van der Waals surface area contributed by atoms with Gasteiger partial charge in [-0.15, -0.1) is 0 Å². The first-order valence-electron chi connectivity index (χ1n) is 6.63. The minimum absolute atomic E-state index is 0.125. The quantitative estimate of drug-likeness (QED) is 0.799. The van der Waals surface area contributed by atoms with Crippen molar-refractivity contribution in [2.24, 2.45) is 7.05 Å². The summed E-state index contributed by atoms with van der Waals surface area (Å²) in [5.74, 6) is 0.569. The minimum Gasteiger partial charge on any atom is -0.356 e. The molecule has 21 heavy (non-hydrogen) atoms. The highest BCUT2D eigenvalue weighted by atomic mass is 16.5. The van der Waals surface area contributed by atoms with E-state index in [0.29, 0.717) is 23.6 Å². The van der Waals surface area contributed by atoms with Crippen LogP contribution in [0.1, 0.15) is 16.1 Å². The standard InChI is InChI=1S/C16H15N3O2/c1-19-8-7-13(11-19)16(20)17-10-14-9-15(21-18-14)12-5-3-2-4-6-12/h2-9,11H,10H2,1H3,(H,17,20). The lowest BCUT2D eigenvalue weighted by molar-refractivity contribution is 0.0950. The van der Waals surface area contributed by atoms with Crippen molar-refractivity contribution in [1.82, 2.24) is 15.0 Å². The summed E-state index contributed by atoms with van der Waals surface area (Å²) in [7, 11) is 1.88. The van der Waals surface area contributed by atoms with Gasteiger partial charge in [-0.2, -0.15) is 0 Å². The summed E-state index contributed by atoms with van der Waals surface area (Å²) < 4.78 is 7.12. The number of aromatic nitrogens is 2. The molecule has 0 saturated carbocycles. The van der Waals surface area contributed by atoms with Gasteiger partial charge in [-0.3, -0.25) is 4.79 Å². The molecule has 106 valence electrons. The highest BCUT2D eigenvalue weighted by Gasteiger charge is 2.09. The van der Waals surface area contributed by atoms with Gasteiger partial charge in [0, 0.05) is 31.1 Å². The number of aryl methyl sites for hydroxylation is 1. The van der Waals surface area contributed by atoms with Crippen molar-refractivity contribution < 1.29 is 9.32 Å². The smallest absolute Gasteiger partial charge is 0.253 e. The normalized spacial score (nSPS) is 10.5. The number of benzene rings is 1. The summed E-state index contributed by atoms with van der Waals surface area (Å²) in [5, 5.41) is 6.79. The van der Waals surface area contributed by atoms with Crippen LogP contribution < -0.4 is 5.32 Å². The number of nitrogens with one attached hydrogen (secondary N) is 1. The maximum Gasteiger partial charge on any atom is 0.253 e. The van der Waals surface area contributed by atoms with Crippen LogP contribution in [0.5, 0.6) is 0 Å². The Balaban J connectivity index is 1.64. The maximum absolute atomic E-state index is 11.9. The molecular weight excluding hydrogens is 266 g/mol. The Morgan fingerprint density at radius 2 is 2.10 bits per heavy atom. The summed E-state index contributed by atoms with van der Waals surface area (Å²) in [6.07, 6.45) is 3.60. The van der Waals surface area contributed by atoms with Crippen LogP contribution in [-0.4, -0.2) is 15.6 Å². The Labute approximate surface area is 122 Å². The van der Waals surface area contributed by atoms with Crippen LogP contribution in [0.25, 0.3) is 11.3 Å². The Morgan fingerprint density at radius 1 is 1.29 bits per heavy atom. The molecule has 1 aromatic carbocycles. The van der Waals surface area contributed by atoms with Gasteiger partial charge in [-0.1, -0.05) is 35.5 Å². The molecule has 5 nitrogen and oxygen atoms in total. The maximum atomic E-state index is 11.9. The molecule has 0 unspecified atom stereocenters. The number of hydrogen-bond acceptors (Lipinski definition) is 3. The molecule has 1 amide bonds. The third kappa shape index (κ3) is 3.02. The SMILES string of the molecule is Cn1ccc(C(=O)NCc2cc(-c3ccccc3)on2)c1. The van der Waals surface area contributed by atoms with Crippen LogP contribution in [0.4, 0.5) is 0 Å².